The largest absolute Gasteiger partial charge is 0.478 e. The summed E-state index contributed by atoms with van der Waals surface area (Å²) in [7, 11) is 0. The van der Waals surface area contributed by atoms with Crippen LogP contribution in [0, 0.1) is 15.9 Å². The number of aromatic nitrogens is 1. The topological polar surface area (TPSA) is 105 Å². The average Bonchev–Trinajstić information content (AvgIpc) is 2.43. The van der Waals surface area contributed by atoms with Gasteiger partial charge in [-0.3, -0.25) is 10.1 Å². The van der Waals surface area contributed by atoms with Crippen LogP contribution in [0.5, 0.6) is 0 Å². The van der Waals surface area contributed by atoms with Crippen molar-refractivity contribution in [3.05, 3.63) is 56.4 Å². The van der Waals surface area contributed by atoms with Gasteiger partial charge in [0.1, 0.15) is 5.82 Å². The molecule has 2 N–H and O–H groups in total. The van der Waals surface area contributed by atoms with E-state index in [2.05, 4.69) is 26.2 Å². The molecule has 2 aromatic rings. The normalized spacial score (nSPS) is 10.2. The number of benzene rings is 1. The number of rotatable bonds is 4. The van der Waals surface area contributed by atoms with Crippen molar-refractivity contribution in [1.29, 1.82) is 0 Å². The van der Waals surface area contributed by atoms with Crippen LogP contribution in [0.15, 0.2) is 34.9 Å². The second-order valence-electron chi connectivity index (χ2n) is 3.91. The van der Waals surface area contributed by atoms with E-state index in [-0.39, 0.29) is 21.5 Å². The zero-order valence-corrected chi connectivity index (χ0v) is 11.8. The minimum Gasteiger partial charge on any atom is -0.478 e. The molecule has 0 bridgehead atoms. The van der Waals surface area contributed by atoms with Gasteiger partial charge in [0.15, 0.2) is 0 Å². The summed E-state index contributed by atoms with van der Waals surface area (Å²) < 4.78 is 13.6. The van der Waals surface area contributed by atoms with Gasteiger partial charge in [0, 0.05) is 18.0 Å². The molecule has 1 aromatic heterocycles. The first kappa shape index (κ1) is 14.9. The second kappa shape index (κ2) is 5.83. The number of nitrogens with one attached hydrogen (secondary N) is 1. The van der Waals surface area contributed by atoms with Gasteiger partial charge in [-0.05, 0) is 34.1 Å². The average molecular weight is 356 g/mol. The summed E-state index contributed by atoms with van der Waals surface area (Å²) in [6, 6.07) is 4.92. The van der Waals surface area contributed by atoms with Crippen LogP contribution in [0.1, 0.15) is 10.4 Å². The Balaban J connectivity index is 2.41. The fourth-order valence-electron chi connectivity index (χ4n) is 1.52. The Kier molecular flexibility index (Phi) is 4.13. The molecule has 21 heavy (non-hydrogen) atoms. The van der Waals surface area contributed by atoms with E-state index in [1.165, 1.54) is 12.1 Å². The van der Waals surface area contributed by atoms with Crippen LogP contribution < -0.4 is 5.32 Å². The molecule has 0 aliphatic carbocycles. The van der Waals surface area contributed by atoms with Crippen LogP contribution in [0.3, 0.4) is 0 Å². The summed E-state index contributed by atoms with van der Waals surface area (Å²) in [5, 5.41) is 22.3. The van der Waals surface area contributed by atoms with Gasteiger partial charge in [-0.1, -0.05) is 0 Å². The fraction of sp³-hybridized carbons (Fsp3) is 0. The molecule has 2 rings (SSSR count). The van der Waals surface area contributed by atoms with Crippen molar-refractivity contribution < 1.29 is 19.2 Å². The molecule has 0 saturated heterocycles. The van der Waals surface area contributed by atoms with Gasteiger partial charge in [0.2, 0.25) is 5.82 Å². The van der Waals surface area contributed by atoms with E-state index in [9.17, 15) is 19.3 Å². The minimum absolute atomic E-state index is 0.174. The number of aromatic carboxylic acids is 1. The van der Waals surface area contributed by atoms with Crippen molar-refractivity contribution >= 4 is 39.1 Å². The number of hydrogen-bond acceptors (Lipinski definition) is 5. The van der Waals surface area contributed by atoms with E-state index in [4.69, 9.17) is 5.11 Å². The zero-order valence-electron chi connectivity index (χ0n) is 10.2. The Morgan fingerprint density at radius 3 is 2.71 bits per heavy atom. The Morgan fingerprint density at radius 1 is 1.43 bits per heavy atom. The van der Waals surface area contributed by atoms with E-state index in [0.717, 1.165) is 18.3 Å². The van der Waals surface area contributed by atoms with Crippen LogP contribution in [-0.4, -0.2) is 21.0 Å². The highest BCUT2D eigenvalue weighted by Gasteiger charge is 2.19. The quantitative estimate of drug-likeness (QED) is 0.643. The molecule has 0 fully saturated rings. The van der Waals surface area contributed by atoms with Crippen LogP contribution in [0.4, 0.5) is 21.6 Å². The lowest BCUT2D eigenvalue weighted by atomic mass is 10.2. The molecule has 0 radical (unpaired) electrons. The number of anilines is 2. The third-order valence-corrected chi connectivity index (χ3v) is 3.14. The van der Waals surface area contributed by atoms with Crippen LogP contribution in [-0.2, 0) is 0 Å². The first-order chi connectivity index (χ1) is 9.88. The molecular weight excluding hydrogens is 349 g/mol. The van der Waals surface area contributed by atoms with Crippen molar-refractivity contribution in [2.24, 2.45) is 0 Å². The van der Waals surface area contributed by atoms with Crippen molar-refractivity contribution in [1.82, 2.24) is 4.98 Å². The number of nitro groups is 1. The molecule has 0 unspecified atom stereocenters. The molecule has 0 atom stereocenters. The molecule has 9 heteroatoms. The minimum atomic E-state index is -1.33. The Labute approximate surface area is 125 Å². The molecule has 0 spiro atoms. The van der Waals surface area contributed by atoms with Gasteiger partial charge < -0.3 is 10.4 Å². The van der Waals surface area contributed by atoms with Gasteiger partial charge in [0.25, 0.3) is 0 Å². The number of carboxylic acid groups (broad SMARTS) is 1. The van der Waals surface area contributed by atoms with Crippen molar-refractivity contribution in [3.63, 3.8) is 0 Å². The third-order valence-electron chi connectivity index (χ3n) is 2.49. The molecule has 0 amide bonds. The number of pyridine rings is 1. The van der Waals surface area contributed by atoms with E-state index < -0.39 is 22.4 Å². The highest BCUT2D eigenvalue weighted by molar-refractivity contribution is 9.10. The van der Waals surface area contributed by atoms with Gasteiger partial charge >= 0.3 is 11.7 Å². The Morgan fingerprint density at radius 2 is 2.14 bits per heavy atom. The lowest BCUT2D eigenvalue weighted by molar-refractivity contribution is -0.384. The maximum absolute atomic E-state index is 13.4. The van der Waals surface area contributed by atoms with Crippen LogP contribution >= 0.6 is 15.9 Å². The zero-order chi connectivity index (χ0) is 15.6. The Bertz CT molecular complexity index is 738. The molecule has 0 aliphatic rings. The molecular formula is C12H7BrFN3O4. The molecule has 1 heterocycles. The number of carbonyl (C=O) groups is 1. The smallest absolute Gasteiger partial charge is 0.337 e. The number of carboxylic acids is 1. The van der Waals surface area contributed by atoms with Gasteiger partial charge in [-0.2, -0.15) is 0 Å². The number of halogens is 2. The number of nitrogens with zero attached hydrogens (tertiary/aromatic N) is 2. The summed E-state index contributed by atoms with van der Waals surface area (Å²) in [5.74, 6) is -2.05. The van der Waals surface area contributed by atoms with E-state index in [0.29, 0.717) is 0 Å². The maximum atomic E-state index is 13.4. The summed E-state index contributed by atoms with van der Waals surface area (Å²) in [6.07, 6.45) is 0.979. The standard InChI is InChI=1S/C12H7BrFN3O4/c13-8-2-1-7(4-9(8)14)16-11-10(17(20)21)3-6(5-15-11)12(18)19/h1-5H,(H,15,16)(H,18,19). The van der Waals surface area contributed by atoms with Crippen molar-refractivity contribution in [2.75, 3.05) is 5.32 Å². The van der Waals surface area contributed by atoms with Crippen molar-refractivity contribution in [2.45, 2.75) is 0 Å². The predicted octanol–water partition coefficient (Wildman–Crippen LogP) is 3.33. The highest BCUT2D eigenvalue weighted by atomic mass is 79.9. The lowest BCUT2D eigenvalue weighted by Crippen LogP contribution is -2.04. The van der Waals surface area contributed by atoms with Gasteiger partial charge in [0.05, 0.1) is 15.0 Å². The molecule has 0 aliphatic heterocycles. The van der Waals surface area contributed by atoms with Crippen LogP contribution in [0.25, 0.3) is 0 Å². The summed E-state index contributed by atoms with van der Waals surface area (Å²) in [4.78, 5) is 24.7. The maximum Gasteiger partial charge on any atom is 0.337 e. The summed E-state index contributed by atoms with van der Waals surface area (Å²) >= 11 is 2.99. The van der Waals surface area contributed by atoms with Gasteiger partial charge in [-0.25, -0.2) is 14.2 Å². The molecule has 1 aromatic carbocycles. The highest BCUT2D eigenvalue weighted by Crippen LogP contribution is 2.27. The molecule has 108 valence electrons. The first-order valence-corrected chi connectivity index (χ1v) is 6.27. The second-order valence-corrected chi connectivity index (χ2v) is 4.76. The van der Waals surface area contributed by atoms with Crippen LogP contribution in [0.2, 0.25) is 0 Å². The van der Waals surface area contributed by atoms with E-state index >= 15 is 0 Å². The van der Waals surface area contributed by atoms with E-state index in [1.807, 2.05) is 0 Å². The predicted molar refractivity (Wildman–Crippen MR) is 75.2 cm³/mol. The summed E-state index contributed by atoms with van der Waals surface area (Å²) in [6.45, 7) is 0. The van der Waals surface area contributed by atoms with Gasteiger partial charge in [-0.15, -0.1) is 0 Å². The summed E-state index contributed by atoms with van der Waals surface area (Å²) in [5.41, 5.74) is -0.582. The first-order valence-electron chi connectivity index (χ1n) is 5.48. The number of hydrogen-bond donors (Lipinski definition) is 2. The SMILES string of the molecule is O=C(O)c1cnc(Nc2ccc(Br)c(F)c2)c([N+](=O)[O-])c1. The third kappa shape index (κ3) is 3.31. The lowest BCUT2D eigenvalue weighted by Gasteiger charge is -2.07. The van der Waals surface area contributed by atoms with Crippen molar-refractivity contribution in [3.8, 4) is 0 Å². The fourth-order valence-corrected chi connectivity index (χ4v) is 1.76. The molecule has 0 saturated carbocycles. The molecule has 7 nitrogen and oxygen atoms in total. The monoisotopic (exact) mass is 355 g/mol. The Hall–Kier alpha value is -2.55. The van der Waals surface area contributed by atoms with E-state index in [1.54, 1.807) is 0 Å².